The number of rotatable bonds is 10. The third kappa shape index (κ3) is 6.08. The maximum atomic E-state index is 12.6. The Morgan fingerprint density at radius 2 is 1.85 bits per heavy atom. The average molecular weight is 460 g/mol. The summed E-state index contributed by atoms with van der Waals surface area (Å²) < 4.78 is 0. The van der Waals surface area contributed by atoms with Gasteiger partial charge in [-0.3, -0.25) is 14.4 Å². The van der Waals surface area contributed by atoms with Crippen molar-refractivity contribution in [2.75, 3.05) is 13.2 Å². The Morgan fingerprint density at radius 3 is 2.52 bits per heavy atom. The highest BCUT2D eigenvalue weighted by Gasteiger charge is 2.30. The number of carboxylic acid groups (broad SMARTS) is 1. The maximum absolute atomic E-state index is 12.6. The van der Waals surface area contributed by atoms with E-state index in [1.165, 1.54) is 6.92 Å². The lowest BCUT2D eigenvalue weighted by Gasteiger charge is -2.22. The Bertz CT molecular complexity index is 1020. The van der Waals surface area contributed by atoms with Crippen LogP contribution in [0, 0.1) is 0 Å². The van der Waals surface area contributed by atoms with E-state index in [2.05, 4.69) is 26.3 Å². The number of H-pyrrole nitrogens is 1. The summed E-state index contributed by atoms with van der Waals surface area (Å²) >= 11 is 0. The zero-order valence-corrected chi connectivity index (χ0v) is 18.3. The molecule has 2 aromatic rings. The number of carbonyl (C=O) groups is 4. The topological polar surface area (TPSA) is 173 Å². The molecule has 1 aliphatic rings. The molecule has 1 aromatic carbocycles. The molecular formula is C22H29N5O6. The number of para-hydroxylation sites is 1. The summed E-state index contributed by atoms with van der Waals surface area (Å²) in [5.41, 5.74) is 1.59. The van der Waals surface area contributed by atoms with Crippen LogP contribution in [0.1, 0.15) is 25.3 Å². The largest absolute Gasteiger partial charge is 0.480 e. The van der Waals surface area contributed by atoms with Crippen molar-refractivity contribution in [3.63, 3.8) is 0 Å². The summed E-state index contributed by atoms with van der Waals surface area (Å²) in [5, 5.41) is 30.3. The summed E-state index contributed by atoms with van der Waals surface area (Å²) in [4.78, 5) is 52.0. The lowest BCUT2D eigenvalue weighted by Crippen LogP contribution is -2.57. The van der Waals surface area contributed by atoms with Gasteiger partial charge in [0.25, 0.3) is 0 Å². The number of hydrogen-bond acceptors (Lipinski definition) is 6. The van der Waals surface area contributed by atoms with Crippen LogP contribution >= 0.6 is 0 Å². The summed E-state index contributed by atoms with van der Waals surface area (Å²) in [7, 11) is 0. The van der Waals surface area contributed by atoms with Gasteiger partial charge in [-0.25, -0.2) is 4.79 Å². The van der Waals surface area contributed by atoms with Gasteiger partial charge < -0.3 is 36.5 Å². The van der Waals surface area contributed by atoms with Gasteiger partial charge in [0, 0.05) is 23.5 Å². The van der Waals surface area contributed by atoms with Crippen molar-refractivity contribution in [3.8, 4) is 0 Å². The van der Waals surface area contributed by atoms with E-state index in [0.717, 1.165) is 22.9 Å². The number of benzene rings is 1. The van der Waals surface area contributed by atoms with Gasteiger partial charge in [0.2, 0.25) is 17.7 Å². The monoisotopic (exact) mass is 459 g/mol. The number of aromatic nitrogens is 1. The molecule has 0 aliphatic carbocycles. The van der Waals surface area contributed by atoms with E-state index in [4.69, 9.17) is 0 Å². The van der Waals surface area contributed by atoms with Crippen LogP contribution in [0.3, 0.4) is 0 Å². The lowest BCUT2D eigenvalue weighted by atomic mass is 10.0. The number of aliphatic carboxylic acids is 1. The molecule has 1 saturated heterocycles. The second-order valence-electron chi connectivity index (χ2n) is 8.09. The lowest BCUT2D eigenvalue weighted by molar-refractivity contribution is -0.142. The van der Waals surface area contributed by atoms with Crippen LogP contribution in [-0.2, 0) is 25.6 Å². The van der Waals surface area contributed by atoms with Crippen molar-refractivity contribution in [1.82, 2.24) is 26.3 Å². The molecule has 33 heavy (non-hydrogen) atoms. The zero-order valence-electron chi connectivity index (χ0n) is 18.3. The summed E-state index contributed by atoms with van der Waals surface area (Å²) in [6.45, 7) is 1.46. The number of carbonyl (C=O) groups excluding carboxylic acids is 3. The molecule has 178 valence electrons. The first-order valence-electron chi connectivity index (χ1n) is 10.8. The van der Waals surface area contributed by atoms with Gasteiger partial charge in [0.05, 0.1) is 12.6 Å². The Morgan fingerprint density at radius 1 is 1.09 bits per heavy atom. The van der Waals surface area contributed by atoms with Gasteiger partial charge in [-0.05, 0) is 37.9 Å². The average Bonchev–Trinajstić information content (AvgIpc) is 3.47. The van der Waals surface area contributed by atoms with E-state index in [-0.39, 0.29) is 6.42 Å². The van der Waals surface area contributed by atoms with Gasteiger partial charge in [0.1, 0.15) is 18.1 Å². The van der Waals surface area contributed by atoms with Crippen LogP contribution in [0.5, 0.6) is 0 Å². The second-order valence-corrected chi connectivity index (χ2v) is 8.09. The molecule has 1 aliphatic heterocycles. The van der Waals surface area contributed by atoms with Crippen LogP contribution < -0.4 is 21.3 Å². The standard InChI is InChI=1S/C22H29N5O6/c1-12(25-21(31)18(11-28)27-20(30)16-7-4-8-23-16)19(29)26-17(22(32)33)9-13-10-24-15-6-3-2-5-14(13)15/h2-3,5-6,10,12,16-18,23-24,28H,4,7-9,11H2,1H3,(H,25,31)(H,26,29)(H,27,30)(H,32,33). The van der Waals surface area contributed by atoms with E-state index in [9.17, 15) is 29.4 Å². The first kappa shape index (κ1) is 24.2. The number of aliphatic hydroxyl groups is 1. The predicted molar refractivity (Wildman–Crippen MR) is 119 cm³/mol. The van der Waals surface area contributed by atoms with E-state index in [0.29, 0.717) is 13.0 Å². The molecule has 0 spiro atoms. The number of fused-ring (bicyclic) bond motifs is 1. The number of amides is 3. The molecule has 3 amide bonds. The minimum absolute atomic E-state index is 0.0511. The third-order valence-electron chi connectivity index (χ3n) is 5.66. The highest BCUT2D eigenvalue weighted by Crippen LogP contribution is 2.19. The van der Waals surface area contributed by atoms with Crippen molar-refractivity contribution < 1.29 is 29.4 Å². The van der Waals surface area contributed by atoms with Crippen molar-refractivity contribution in [1.29, 1.82) is 0 Å². The van der Waals surface area contributed by atoms with Crippen LogP contribution in [0.25, 0.3) is 10.9 Å². The first-order chi connectivity index (χ1) is 15.8. The summed E-state index contributed by atoms with van der Waals surface area (Å²) in [5.74, 6) is -3.05. The first-order valence-corrected chi connectivity index (χ1v) is 10.8. The number of nitrogens with one attached hydrogen (secondary N) is 5. The fourth-order valence-electron chi connectivity index (χ4n) is 3.77. The van der Waals surface area contributed by atoms with Gasteiger partial charge in [-0.1, -0.05) is 18.2 Å². The number of hydrogen-bond donors (Lipinski definition) is 7. The fraction of sp³-hybridized carbons (Fsp3) is 0.455. The van der Waals surface area contributed by atoms with Crippen molar-refractivity contribution in [2.24, 2.45) is 0 Å². The van der Waals surface area contributed by atoms with E-state index < -0.39 is 54.5 Å². The second kappa shape index (κ2) is 10.9. The van der Waals surface area contributed by atoms with E-state index in [1.54, 1.807) is 6.20 Å². The van der Waals surface area contributed by atoms with Gasteiger partial charge in [-0.2, -0.15) is 0 Å². The van der Waals surface area contributed by atoms with Crippen molar-refractivity contribution in [3.05, 3.63) is 36.0 Å². The molecule has 0 bridgehead atoms. The van der Waals surface area contributed by atoms with Crippen LogP contribution in [0.15, 0.2) is 30.5 Å². The maximum Gasteiger partial charge on any atom is 0.326 e. The SMILES string of the molecule is CC(NC(=O)C(CO)NC(=O)C1CCCN1)C(=O)NC(Cc1c[nH]c2ccccc12)C(=O)O. The van der Waals surface area contributed by atoms with Gasteiger partial charge in [0.15, 0.2) is 0 Å². The van der Waals surface area contributed by atoms with Gasteiger partial charge in [-0.15, -0.1) is 0 Å². The Hall–Kier alpha value is -3.44. The molecular weight excluding hydrogens is 430 g/mol. The molecule has 7 N–H and O–H groups in total. The zero-order chi connectivity index (χ0) is 24.0. The molecule has 11 nitrogen and oxygen atoms in total. The highest BCUT2D eigenvalue weighted by atomic mass is 16.4. The molecule has 1 aromatic heterocycles. The number of aliphatic hydroxyl groups excluding tert-OH is 1. The third-order valence-corrected chi connectivity index (χ3v) is 5.66. The smallest absolute Gasteiger partial charge is 0.326 e. The Balaban J connectivity index is 1.57. The predicted octanol–water partition coefficient (Wildman–Crippen LogP) is -0.986. The number of aromatic amines is 1. The highest BCUT2D eigenvalue weighted by molar-refractivity contribution is 5.94. The molecule has 4 unspecified atom stereocenters. The van der Waals surface area contributed by atoms with E-state index >= 15 is 0 Å². The molecule has 1 fully saturated rings. The Labute approximate surface area is 190 Å². The molecule has 11 heteroatoms. The normalized spacial score (nSPS) is 18.3. The minimum Gasteiger partial charge on any atom is -0.480 e. The van der Waals surface area contributed by atoms with Crippen molar-refractivity contribution in [2.45, 2.75) is 50.4 Å². The summed E-state index contributed by atoms with van der Waals surface area (Å²) in [6, 6.07) is 3.47. The molecule has 4 atom stereocenters. The molecule has 0 radical (unpaired) electrons. The van der Waals surface area contributed by atoms with Crippen molar-refractivity contribution >= 4 is 34.6 Å². The summed E-state index contributed by atoms with van der Waals surface area (Å²) in [6.07, 6.45) is 3.23. The Kier molecular flexibility index (Phi) is 8.01. The van der Waals surface area contributed by atoms with Crippen LogP contribution in [-0.4, -0.2) is 76.2 Å². The fourth-order valence-corrected chi connectivity index (χ4v) is 3.77. The van der Waals surface area contributed by atoms with E-state index in [1.807, 2.05) is 24.3 Å². The quantitative estimate of drug-likeness (QED) is 0.239. The van der Waals surface area contributed by atoms with Gasteiger partial charge >= 0.3 is 5.97 Å². The van der Waals surface area contributed by atoms with Crippen LogP contribution in [0.4, 0.5) is 0 Å². The molecule has 2 heterocycles. The minimum atomic E-state index is -1.23. The number of carboxylic acids is 1. The molecule has 0 saturated carbocycles. The van der Waals surface area contributed by atoms with Crippen LogP contribution in [0.2, 0.25) is 0 Å². The molecule has 3 rings (SSSR count).